The van der Waals surface area contributed by atoms with Crippen molar-refractivity contribution in [3.8, 4) is 11.1 Å². The minimum Gasteiger partial charge on any atom is -0.478 e. The Labute approximate surface area is 99.8 Å². The standard InChI is InChI=1S/C15H12O2/c16-15(17)10-9-12-5-4-8-14(11-12)13-6-2-1-3-7-13/h1-11H,(H,16,17). The second-order valence-corrected chi connectivity index (χ2v) is 3.66. The lowest BCUT2D eigenvalue weighted by Crippen LogP contribution is -1.86. The van der Waals surface area contributed by atoms with Crippen LogP contribution in [-0.2, 0) is 4.79 Å². The van der Waals surface area contributed by atoms with Crippen LogP contribution in [0, 0.1) is 0 Å². The van der Waals surface area contributed by atoms with Gasteiger partial charge >= 0.3 is 5.97 Å². The Morgan fingerprint density at radius 2 is 1.65 bits per heavy atom. The smallest absolute Gasteiger partial charge is 0.328 e. The molecule has 2 aromatic carbocycles. The van der Waals surface area contributed by atoms with E-state index in [-0.39, 0.29) is 0 Å². The first kappa shape index (κ1) is 11.1. The van der Waals surface area contributed by atoms with E-state index in [1.807, 2.05) is 54.6 Å². The Balaban J connectivity index is 2.32. The summed E-state index contributed by atoms with van der Waals surface area (Å²) in [7, 11) is 0. The molecule has 0 amide bonds. The molecule has 0 aliphatic rings. The molecule has 0 saturated carbocycles. The van der Waals surface area contributed by atoms with Crippen LogP contribution in [0.15, 0.2) is 60.7 Å². The van der Waals surface area contributed by atoms with Crippen molar-refractivity contribution in [3.63, 3.8) is 0 Å². The van der Waals surface area contributed by atoms with Crippen LogP contribution < -0.4 is 0 Å². The van der Waals surface area contributed by atoms with Crippen LogP contribution >= 0.6 is 0 Å². The van der Waals surface area contributed by atoms with E-state index >= 15 is 0 Å². The minimum absolute atomic E-state index is 0.883. The van der Waals surface area contributed by atoms with E-state index in [1.54, 1.807) is 6.08 Å². The quantitative estimate of drug-likeness (QED) is 0.811. The monoisotopic (exact) mass is 224 g/mol. The third kappa shape index (κ3) is 3.05. The first-order valence-electron chi connectivity index (χ1n) is 5.32. The molecule has 2 aromatic rings. The molecule has 0 fully saturated rings. The molecule has 2 rings (SSSR count). The summed E-state index contributed by atoms with van der Waals surface area (Å²) < 4.78 is 0. The number of carboxylic acid groups (broad SMARTS) is 1. The summed E-state index contributed by atoms with van der Waals surface area (Å²) in [4.78, 5) is 10.4. The first-order chi connectivity index (χ1) is 8.25. The van der Waals surface area contributed by atoms with Crippen molar-refractivity contribution in [2.45, 2.75) is 0 Å². The molecule has 0 bridgehead atoms. The first-order valence-corrected chi connectivity index (χ1v) is 5.32. The number of rotatable bonds is 3. The molecule has 0 atom stereocenters. The molecular formula is C15H12O2. The highest BCUT2D eigenvalue weighted by atomic mass is 16.4. The largest absolute Gasteiger partial charge is 0.478 e. The van der Waals surface area contributed by atoms with Crippen LogP contribution in [0.5, 0.6) is 0 Å². The number of hydrogen-bond acceptors (Lipinski definition) is 1. The van der Waals surface area contributed by atoms with Gasteiger partial charge in [-0.2, -0.15) is 0 Å². The summed E-state index contributed by atoms with van der Waals surface area (Å²) in [5.41, 5.74) is 3.09. The lowest BCUT2D eigenvalue weighted by atomic mass is 10.0. The number of aliphatic carboxylic acids is 1. The Morgan fingerprint density at radius 3 is 2.35 bits per heavy atom. The van der Waals surface area contributed by atoms with Gasteiger partial charge in [0.1, 0.15) is 0 Å². The summed E-state index contributed by atoms with van der Waals surface area (Å²) in [5, 5.41) is 8.57. The van der Waals surface area contributed by atoms with E-state index in [4.69, 9.17) is 5.11 Å². The van der Waals surface area contributed by atoms with Crippen LogP contribution in [-0.4, -0.2) is 11.1 Å². The van der Waals surface area contributed by atoms with Crippen LogP contribution in [0.2, 0.25) is 0 Å². The van der Waals surface area contributed by atoms with Gasteiger partial charge in [0, 0.05) is 6.08 Å². The minimum atomic E-state index is -0.935. The second-order valence-electron chi connectivity index (χ2n) is 3.66. The van der Waals surface area contributed by atoms with Crippen molar-refractivity contribution in [3.05, 3.63) is 66.2 Å². The highest BCUT2D eigenvalue weighted by molar-refractivity contribution is 5.85. The van der Waals surface area contributed by atoms with E-state index in [9.17, 15) is 4.79 Å². The number of benzene rings is 2. The normalized spacial score (nSPS) is 10.6. The molecule has 0 spiro atoms. The summed E-state index contributed by atoms with van der Waals surface area (Å²) in [6.45, 7) is 0. The molecule has 17 heavy (non-hydrogen) atoms. The van der Waals surface area contributed by atoms with Crippen molar-refractivity contribution in [2.75, 3.05) is 0 Å². The maximum Gasteiger partial charge on any atom is 0.328 e. The molecule has 0 aliphatic heterocycles. The van der Waals surface area contributed by atoms with Crippen molar-refractivity contribution < 1.29 is 9.90 Å². The number of hydrogen-bond donors (Lipinski definition) is 1. The number of carbonyl (C=O) groups is 1. The Morgan fingerprint density at radius 1 is 0.941 bits per heavy atom. The zero-order chi connectivity index (χ0) is 12.1. The molecule has 0 unspecified atom stereocenters. The van der Waals surface area contributed by atoms with E-state index < -0.39 is 5.97 Å². The van der Waals surface area contributed by atoms with Crippen LogP contribution in [0.1, 0.15) is 5.56 Å². The summed E-state index contributed by atoms with van der Waals surface area (Å²) in [6, 6.07) is 17.8. The zero-order valence-corrected chi connectivity index (χ0v) is 9.21. The Bertz CT molecular complexity index is 542. The SMILES string of the molecule is O=C(O)C=Cc1cccc(-c2ccccc2)c1. The van der Waals surface area contributed by atoms with E-state index in [0.29, 0.717) is 0 Å². The zero-order valence-electron chi connectivity index (χ0n) is 9.21. The van der Waals surface area contributed by atoms with Gasteiger partial charge < -0.3 is 5.11 Å². The fourth-order valence-electron chi connectivity index (χ4n) is 1.62. The fourth-order valence-corrected chi connectivity index (χ4v) is 1.62. The van der Waals surface area contributed by atoms with Crippen molar-refractivity contribution in [1.29, 1.82) is 0 Å². The summed E-state index contributed by atoms with van der Waals surface area (Å²) in [6.07, 6.45) is 2.74. The van der Waals surface area contributed by atoms with Gasteiger partial charge in [0.05, 0.1) is 0 Å². The topological polar surface area (TPSA) is 37.3 Å². The van der Waals surface area contributed by atoms with E-state index in [1.165, 1.54) is 0 Å². The van der Waals surface area contributed by atoms with Gasteiger partial charge in [-0.3, -0.25) is 0 Å². The van der Waals surface area contributed by atoms with Gasteiger partial charge in [-0.1, -0.05) is 48.5 Å². The highest BCUT2D eigenvalue weighted by Crippen LogP contribution is 2.20. The van der Waals surface area contributed by atoms with Gasteiger partial charge in [0.2, 0.25) is 0 Å². The van der Waals surface area contributed by atoms with Crippen molar-refractivity contribution in [2.24, 2.45) is 0 Å². The second kappa shape index (κ2) is 5.12. The molecule has 0 aromatic heterocycles. The van der Waals surface area contributed by atoms with Crippen LogP contribution in [0.4, 0.5) is 0 Å². The maximum absolute atomic E-state index is 10.4. The fraction of sp³-hybridized carbons (Fsp3) is 0. The predicted molar refractivity (Wildman–Crippen MR) is 68.5 cm³/mol. The molecule has 0 heterocycles. The van der Waals surface area contributed by atoms with Gasteiger partial charge in [-0.15, -0.1) is 0 Å². The van der Waals surface area contributed by atoms with Gasteiger partial charge in [-0.25, -0.2) is 4.79 Å². The summed E-state index contributed by atoms with van der Waals surface area (Å²) in [5.74, 6) is -0.935. The Kier molecular flexibility index (Phi) is 3.36. The van der Waals surface area contributed by atoms with E-state index in [0.717, 1.165) is 22.8 Å². The average Bonchev–Trinajstić information content (AvgIpc) is 2.38. The predicted octanol–water partition coefficient (Wildman–Crippen LogP) is 3.45. The molecule has 2 nitrogen and oxygen atoms in total. The highest BCUT2D eigenvalue weighted by Gasteiger charge is 1.97. The van der Waals surface area contributed by atoms with E-state index in [2.05, 4.69) is 0 Å². The number of carboxylic acids is 1. The maximum atomic E-state index is 10.4. The molecule has 2 heteroatoms. The molecule has 1 N–H and O–H groups in total. The molecule has 0 aliphatic carbocycles. The van der Waals surface area contributed by atoms with Crippen molar-refractivity contribution in [1.82, 2.24) is 0 Å². The van der Waals surface area contributed by atoms with Gasteiger partial charge in [-0.05, 0) is 28.8 Å². The average molecular weight is 224 g/mol. The third-order valence-corrected chi connectivity index (χ3v) is 2.41. The lowest BCUT2D eigenvalue weighted by molar-refractivity contribution is -0.131. The third-order valence-electron chi connectivity index (χ3n) is 2.41. The Hall–Kier alpha value is -2.35. The van der Waals surface area contributed by atoms with Crippen molar-refractivity contribution >= 4 is 12.0 Å². The molecule has 84 valence electrons. The molecule has 0 saturated heterocycles. The molecular weight excluding hydrogens is 212 g/mol. The van der Waals surface area contributed by atoms with Crippen LogP contribution in [0.3, 0.4) is 0 Å². The molecule has 0 radical (unpaired) electrons. The van der Waals surface area contributed by atoms with Gasteiger partial charge in [0.25, 0.3) is 0 Å². The lowest BCUT2D eigenvalue weighted by Gasteiger charge is -2.02. The summed E-state index contributed by atoms with van der Waals surface area (Å²) >= 11 is 0. The van der Waals surface area contributed by atoms with Gasteiger partial charge in [0.15, 0.2) is 0 Å². The van der Waals surface area contributed by atoms with Crippen LogP contribution in [0.25, 0.3) is 17.2 Å².